The molecule has 0 aromatic heterocycles. The van der Waals surface area contributed by atoms with Crippen LogP contribution in [0.15, 0.2) is 24.3 Å². The highest BCUT2D eigenvalue weighted by molar-refractivity contribution is 6.30. The number of carbonyl (C=O) groups excluding carboxylic acids is 1. The molecule has 0 unspecified atom stereocenters. The Bertz CT molecular complexity index is 440. The molecule has 0 bridgehead atoms. The van der Waals surface area contributed by atoms with Gasteiger partial charge in [0.25, 0.3) is 0 Å². The molecule has 2 fully saturated rings. The van der Waals surface area contributed by atoms with E-state index in [-0.39, 0.29) is 11.7 Å². The summed E-state index contributed by atoms with van der Waals surface area (Å²) in [4.78, 5) is 11.9. The number of nitrogens with zero attached hydrogens (tertiary/aromatic N) is 1. The van der Waals surface area contributed by atoms with Crippen molar-refractivity contribution in [3.8, 4) is 0 Å². The fourth-order valence-corrected chi connectivity index (χ4v) is 2.67. The molecule has 1 aliphatic carbocycles. The molecule has 1 saturated heterocycles. The number of urea groups is 1. The van der Waals surface area contributed by atoms with Crippen molar-refractivity contribution in [3.05, 3.63) is 29.3 Å². The SMILES string of the molecule is O=C1NC2(CCCC2)NN1c1ccc(Cl)cc1. The zero-order valence-corrected chi connectivity index (χ0v) is 10.1. The van der Waals surface area contributed by atoms with Crippen molar-refractivity contribution in [2.24, 2.45) is 0 Å². The Morgan fingerprint density at radius 2 is 1.82 bits per heavy atom. The maximum Gasteiger partial charge on any atom is 0.338 e. The van der Waals surface area contributed by atoms with Crippen LogP contribution in [0.4, 0.5) is 10.5 Å². The monoisotopic (exact) mass is 251 g/mol. The Morgan fingerprint density at radius 1 is 1.18 bits per heavy atom. The zero-order valence-electron chi connectivity index (χ0n) is 9.37. The first kappa shape index (κ1) is 10.9. The van der Waals surface area contributed by atoms with Crippen LogP contribution >= 0.6 is 11.6 Å². The number of anilines is 1. The van der Waals surface area contributed by atoms with Gasteiger partial charge in [0.15, 0.2) is 0 Å². The summed E-state index contributed by atoms with van der Waals surface area (Å²) in [7, 11) is 0. The topological polar surface area (TPSA) is 44.4 Å². The zero-order chi connectivity index (χ0) is 11.9. The lowest BCUT2D eigenvalue weighted by Crippen LogP contribution is -2.48. The van der Waals surface area contributed by atoms with E-state index in [1.807, 2.05) is 12.1 Å². The van der Waals surface area contributed by atoms with Gasteiger partial charge in [-0.25, -0.2) is 15.2 Å². The summed E-state index contributed by atoms with van der Waals surface area (Å²) in [5.74, 6) is 0. The van der Waals surface area contributed by atoms with Gasteiger partial charge in [0.2, 0.25) is 0 Å². The van der Waals surface area contributed by atoms with Gasteiger partial charge in [-0.05, 0) is 49.9 Å². The van der Waals surface area contributed by atoms with Crippen LogP contribution in [-0.4, -0.2) is 11.7 Å². The van der Waals surface area contributed by atoms with Crippen LogP contribution in [0.25, 0.3) is 0 Å². The molecule has 2 N–H and O–H groups in total. The van der Waals surface area contributed by atoms with E-state index in [9.17, 15) is 4.79 Å². The average molecular weight is 252 g/mol. The second kappa shape index (κ2) is 3.89. The van der Waals surface area contributed by atoms with Crippen LogP contribution in [-0.2, 0) is 0 Å². The smallest absolute Gasteiger partial charge is 0.317 e. The van der Waals surface area contributed by atoms with Gasteiger partial charge in [-0.2, -0.15) is 0 Å². The first-order valence-electron chi connectivity index (χ1n) is 5.84. The molecule has 2 aliphatic rings. The molecule has 0 atom stereocenters. The van der Waals surface area contributed by atoms with Crippen molar-refractivity contribution in [3.63, 3.8) is 0 Å². The third-order valence-corrected chi connectivity index (χ3v) is 3.67. The molecular formula is C12H14ClN3O. The van der Waals surface area contributed by atoms with Crippen LogP contribution < -0.4 is 15.8 Å². The number of rotatable bonds is 1. The maximum atomic E-state index is 11.9. The van der Waals surface area contributed by atoms with Crippen LogP contribution in [0.5, 0.6) is 0 Å². The number of amides is 2. The van der Waals surface area contributed by atoms with Crippen molar-refractivity contribution < 1.29 is 4.79 Å². The Labute approximate surface area is 105 Å². The predicted molar refractivity (Wildman–Crippen MR) is 66.8 cm³/mol. The van der Waals surface area contributed by atoms with Crippen molar-refractivity contribution in [2.45, 2.75) is 31.3 Å². The lowest BCUT2D eigenvalue weighted by molar-refractivity contribution is 0.246. The summed E-state index contributed by atoms with van der Waals surface area (Å²) in [6.07, 6.45) is 4.29. The van der Waals surface area contributed by atoms with E-state index < -0.39 is 0 Å². The van der Waals surface area contributed by atoms with Crippen LogP contribution in [0.1, 0.15) is 25.7 Å². The van der Waals surface area contributed by atoms with E-state index in [0.29, 0.717) is 5.02 Å². The summed E-state index contributed by atoms with van der Waals surface area (Å²) in [5, 5.41) is 5.28. The number of halogens is 1. The second-order valence-electron chi connectivity index (χ2n) is 4.64. The van der Waals surface area contributed by atoms with Crippen molar-refractivity contribution in [2.75, 3.05) is 5.01 Å². The molecule has 1 saturated carbocycles. The quantitative estimate of drug-likeness (QED) is 0.806. The Kier molecular flexibility index (Phi) is 2.49. The van der Waals surface area contributed by atoms with Crippen LogP contribution in [0.2, 0.25) is 5.02 Å². The Hall–Kier alpha value is -1.26. The van der Waals surface area contributed by atoms with Gasteiger partial charge in [0.05, 0.1) is 5.69 Å². The predicted octanol–water partition coefficient (Wildman–Crippen LogP) is 2.64. The van der Waals surface area contributed by atoms with Crippen LogP contribution in [0, 0.1) is 0 Å². The number of carbonyl (C=O) groups is 1. The number of benzene rings is 1. The van der Waals surface area contributed by atoms with Gasteiger partial charge in [-0.1, -0.05) is 11.6 Å². The molecule has 4 nitrogen and oxygen atoms in total. The van der Waals surface area contributed by atoms with E-state index in [1.165, 1.54) is 0 Å². The second-order valence-corrected chi connectivity index (χ2v) is 5.08. The van der Waals surface area contributed by atoms with E-state index >= 15 is 0 Å². The highest BCUT2D eigenvalue weighted by Crippen LogP contribution is 2.32. The third-order valence-electron chi connectivity index (χ3n) is 3.42. The summed E-state index contributed by atoms with van der Waals surface area (Å²) >= 11 is 5.84. The van der Waals surface area contributed by atoms with E-state index in [4.69, 9.17) is 11.6 Å². The summed E-state index contributed by atoms with van der Waals surface area (Å²) in [5.41, 5.74) is 3.87. The third kappa shape index (κ3) is 1.87. The minimum atomic E-state index is -0.225. The molecule has 90 valence electrons. The molecule has 0 radical (unpaired) electrons. The fraction of sp³-hybridized carbons (Fsp3) is 0.417. The van der Waals surface area contributed by atoms with Crippen molar-refractivity contribution in [1.82, 2.24) is 10.7 Å². The van der Waals surface area contributed by atoms with E-state index in [1.54, 1.807) is 17.1 Å². The molecule has 3 rings (SSSR count). The van der Waals surface area contributed by atoms with Gasteiger partial charge in [0, 0.05) is 5.02 Å². The standard InChI is InChI=1S/C12H14ClN3O/c13-9-3-5-10(6-4-9)16-11(17)14-12(15-16)7-1-2-8-12/h3-6,15H,1-2,7-8H2,(H,14,17). The molecule has 1 aliphatic heterocycles. The number of hydrogen-bond donors (Lipinski definition) is 2. The Morgan fingerprint density at radius 3 is 2.47 bits per heavy atom. The first-order valence-corrected chi connectivity index (χ1v) is 6.22. The number of hydrazine groups is 1. The summed E-state index contributed by atoms with van der Waals surface area (Å²) in [6.45, 7) is 0. The minimum absolute atomic E-state index is 0.0887. The van der Waals surface area contributed by atoms with E-state index in [0.717, 1.165) is 31.4 Å². The molecule has 2 amide bonds. The Balaban J connectivity index is 1.85. The molecule has 1 heterocycles. The molecular weight excluding hydrogens is 238 g/mol. The number of nitrogens with one attached hydrogen (secondary N) is 2. The molecule has 17 heavy (non-hydrogen) atoms. The number of hydrogen-bond acceptors (Lipinski definition) is 2. The van der Waals surface area contributed by atoms with Crippen LogP contribution in [0.3, 0.4) is 0 Å². The molecule has 5 heteroatoms. The summed E-state index contributed by atoms with van der Waals surface area (Å²) in [6, 6.07) is 7.15. The van der Waals surface area contributed by atoms with Gasteiger partial charge < -0.3 is 5.32 Å². The van der Waals surface area contributed by atoms with Gasteiger partial charge in [-0.15, -0.1) is 0 Å². The van der Waals surface area contributed by atoms with Gasteiger partial charge in [-0.3, -0.25) is 0 Å². The van der Waals surface area contributed by atoms with Gasteiger partial charge in [0.1, 0.15) is 5.66 Å². The van der Waals surface area contributed by atoms with E-state index in [2.05, 4.69) is 10.7 Å². The first-order chi connectivity index (χ1) is 8.19. The largest absolute Gasteiger partial charge is 0.338 e. The molecule has 1 spiro atoms. The lowest BCUT2D eigenvalue weighted by Gasteiger charge is -2.23. The fourth-order valence-electron chi connectivity index (χ4n) is 2.54. The average Bonchev–Trinajstić information content (AvgIpc) is 2.88. The van der Waals surface area contributed by atoms with Gasteiger partial charge >= 0.3 is 6.03 Å². The normalized spacial score (nSPS) is 22.2. The highest BCUT2D eigenvalue weighted by atomic mass is 35.5. The lowest BCUT2D eigenvalue weighted by atomic mass is 10.1. The minimum Gasteiger partial charge on any atom is -0.317 e. The van der Waals surface area contributed by atoms with Crippen molar-refractivity contribution >= 4 is 23.3 Å². The molecule has 1 aromatic carbocycles. The van der Waals surface area contributed by atoms with Crippen molar-refractivity contribution in [1.29, 1.82) is 0 Å². The maximum absolute atomic E-state index is 11.9. The molecule has 1 aromatic rings. The summed E-state index contributed by atoms with van der Waals surface area (Å²) < 4.78 is 0. The highest BCUT2D eigenvalue weighted by Gasteiger charge is 2.44.